The summed E-state index contributed by atoms with van der Waals surface area (Å²) in [6.45, 7) is 0.291. The molecular weight excluding hydrogens is 364 g/mol. The van der Waals surface area contributed by atoms with Gasteiger partial charge in [-0.15, -0.1) is 0 Å². The average Bonchev–Trinajstić information content (AvgIpc) is 3.08. The number of carbonyl (C=O) groups excluding carboxylic acids is 1. The van der Waals surface area contributed by atoms with Crippen LogP contribution in [0.2, 0.25) is 5.02 Å². The highest BCUT2D eigenvalue weighted by atomic mass is 35.5. The molecule has 0 fully saturated rings. The maximum atomic E-state index is 11.8. The molecule has 0 saturated heterocycles. The van der Waals surface area contributed by atoms with Crippen molar-refractivity contribution in [2.24, 2.45) is 11.5 Å². The fraction of sp³-hybridized carbons (Fsp3) is 0.300. The quantitative estimate of drug-likeness (QED) is 0.311. The molecule has 1 aromatic heterocycles. The molecule has 0 bridgehead atoms. The van der Waals surface area contributed by atoms with E-state index < -0.39 is 5.66 Å². The van der Waals surface area contributed by atoms with E-state index in [0.717, 1.165) is 16.6 Å². The number of benzene rings is 2. The molecular formula is C20H23ClN4O2. The molecule has 7 heteroatoms. The second kappa shape index (κ2) is 8.52. The van der Waals surface area contributed by atoms with E-state index in [1.54, 1.807) is 12.1 Å². The summed E-state index contributed by atoms with van der Waals surface area (Å²) in [6.07, 6.45) is 2.16. The minimum Gasteiger partial charge on any atom is -0.461 e. The number of hydrogen-bond acceptors (Lipinski definition) is 5. The van der Waals surface area contributed by atoms with Crippen molar-refractivity contribution < 1.29 is 9.53 Å². The van der Waals surface area contributed by atoms with Crippen LogP contribution in [0.5, 0.6) is 0 Å². The average molecular weight is 387 g/mol. The van der Waals surface area contributed by atoms with Crippen LogP contribution in [0.1, 0.15) is 37.1 Å². The zero-order chi connectivity index (χ0) is 19.3. The van der Waals surface area contributed by atoms with E-state index in [1.807, 2.05) is 36.4 Å². The summed E-state index contributed by atoms with van der Waals surface area (Å²) in [7, 11) is 0. The predicted octanol–water partition coefficient (Wildman–Crippen LogP) is 3.59. The van der Waals surface area contributed by atoms with E-state index in [-0.39, 0.29) is 5.97 Å². The number of halogens is 1. The first-order chi connectivity index (χ1) is 12.9. The third kappa shape index (κ3) is 5.29. The topological polar surface area (TPSA) is 107 Å². The van der Waals surface area contributed by atoms with E-state index in [2.05, 4.69) is 9.97 Å². The lowest BCUT2D eigenvalue weighted by atomic mass is 10.0. The van der Waals surface area contributed by atoms with Crippen molar-refractivity contribution in [3.8, 4) is 0 Å². The van der Waals surface area contributed by atoms with Crippen molar-refractivity contribution in [3.63, 3.8) is 0 Å². The SMILES string of the molecule is NC(N)(CCCCC(=O)OCc1ccccc1)c1nc2cc(Cl)ccc2[nH]1. The van der Waals surface area contributed by atoms with Gasteiger partial charge in [0.05, 0.1) is 11.0 Å². The van der Waals surface area contributed by atoms with Gasteiger partial charge >= 0.3 is 5.97 Å². The smallest absolute Gasteiger partial charge is 0.306 e. The van der Waals surface area contributed by atoms with Crippen molar-refractivity contribution in [2.75, 3.05) is 0 Å². The van der Waals surface area contributed by atoms with E-state index in [9.17, 15) is 4.79 Å². The molecule has 0 amide bonds. The van der Waals surface area contributed by atoms with Gasteiger partial charge in [0, 0.05) is 11.4 Å². The number of nitrogens with one attached hydrogen (secondary N) is 1. The molecule has 142 valence electrons. The second-order valence-corrected chi connectivity index (χ2v) is 7.08. The zero-order valence-corrected chi connectivity index (χ0v) is 15.7. The van der Waals surface area contributed by atoms with E-state index >= 15 is 0 Å². The molecule has 3 rings (SSSR count). The number of nitrogens with two attached hydrogens (primary N) is 2. The molecule has 3 aromatic rings. The minimum absolute atomic E-state index is 0.225. The van der Waals surface area contributed by atoms with Crippen LogP contribution >= 0.6 is 11.6 Å². The van der Waals surface area contributed by atoms with Crippen molar-refractivity contribution in [1.29, 1.82) is 0 Å². The standard InChI is InChI=1S/C20H23ClN4O2/c21-15-9-10-16-17(12-15)25-19(24-16)20(22,23)11-5-4-8-18(26)27-13-14-6-2-1-3-7-14/h1-3,6-7,9-10,12H,4-5,8,11,13,22-23H2,(H,24,25). The highest BCUT2D eigenvalue weighted by Crippen LogP contribution is 2.23. The van der Waals surface area contributed by atoms with Gasteiger partial charge in [-0.05, 0) is 43.0 Å². The largest absolute Gasteiger partial charge is 0.461 e. The maximum absolute atomic E-state index is 11.8. The van der Waals surface area contributed by atoms with Crippen molar-refractivity contribution >= 4 is 28.6 Å². The van der Waals surface area contributed by atoms with Gasteiger partial charge in [-0.25, -0.2) is 4.98 Å². The fourth-order valence-electron chi connectivity index (χ4n) is 2.81. The number of aromatic amines is 1. The normalized spacial score (nSPS) is 11.7. The zero-order valence-electron chi connectivity index (χ0n) is 15.0. The Kier molecular flexibility index (Phi) is 6.11. The summed E-state index contributed by atoms with van der Waals surface area (Å²) < 4.78 is 5.26. The van der Waals surface area contributed by atoms with Crippen LogP contribution in [-0.2, 0) is 21.8 Å². The Labute approximate surface area is 162 Å². The molecule has 0 aliphatic carbocycles. The van der Waals surface area contributed by atoms with E-state index in [4.69, 9.17) is 27.8 Å². The maximum Gasteiger partial charge on any atom is 0.306 e. The Hall–Kier alpha value is -2.41. The number of unbranched alkanes of at least 4 members (excludes halogenated alkanes) is 1. The van der Waals surface area contributed by atoms with Gasteiger partial charge in [0.25, 0.3) is 0 Å². The molecule has 0 saturated carbocycles. The van der Waals surface area contributed by atoms with Crippen molar-refractivity contribution in [2.45, 2.75) is 38.0 Å². The molecule has 0 atom stereocenters. The van der Waals surface area contributed by atoms with E-state index in [1.165, 1.54) is 0 Å². The van der Waals surface area contributed by atoms with Crippen LogP contribution in [-0.4, -0.2) is 15.9 Å². The molecule has 0 aliphatic heterocycles. The fourth-order valence-corrected chi connectivity index (χ4v) is 2.98. The van der Waals surface area contributed by atoms with Gasteiger partial charge in [-0.1, -0.05) is 41.9 Å². The van der Waals surface area contributed by atoms with Gasteiger partial charge in [0.2, 0.25) is 0 Å². The molecule has 27 heavy (non-hydrogen) atoms. The minimum atomic E-state index is -1.10. The Morgan fingerprint density at radius 3 is 2.70 bits per heavy atom. The molecule has 6 nitrogen and oxygen atoms in total. The van der Waals surface area contributed by atoms with Crippen LogP contribution in [0, 0.1) is 0 Å². The summed E-state index contributed by atoms with van der Waals surface area (Å²) in [4.78, 5) is 19.4. The Morgan fingerprint density at radius 1 is 1.15 bits per heavy atom. The number of H-pyrrole nitrogens is 1. The van der Waals surface area contributed by atoms with Crippen LogP contribution in [0.4, 0.5) is 0 Å². The van der Waals surface area contributed by atoms with Crippen molar-refractivity contribution in [1.82, 2.24) is 9.97 Å². The summed E-state index contributed by atoms with van der Waals surface area (Å²) in [5, 5.41) is 0.606. The lowest BCUT2D eigenvalue weighted by molar-refractivity contribution is -0.145. The lowest BCUT2D eigenvalue weighted by Crippen LogP contribution is -2.47. The molecule has 2 aromatic carbocycles. The van der Waals surface area contributed by atoms with Gasteiger partial charge in [0.1, 0.15) is 18.1 Å². The first kappa shape index (κ1) is 19.4. The molecule has 1 heterocycles. The highest BCUT2D eigenvalue weighted by Gasteiger charge is 2.25. The van der Waals surface area contributed by atoms with Crippen LogP contribution in [0.25, 0.3) is 11.0 Å². The Bertz CT molecular complexity index is 909. The number of fused-ring (bicyclic) bond motifs is 1. The Balaban J connectivity index is 1.45. The third-order valence-corrected chi connectivity index (χ3v) is 4.59. The van der Waals surface area contributed by atoms with Crippen LogP contribution < -0.4 is 11.5 Å². The van der Waals surface area contributed by atoms with Gasteiger partial charge in [0.15, 0.2) is 0 Å². The number of carbonyl (C=O) groups is 1. The number of hydrogen-bond donors (Lipinski definition) is 3. The molecule has 0 aliphatic rings. The van der Waals surface area contributed by atoms with Gasteiger partial charge < -0.3 is 21.2 Å². The first-order valence-electron chi connectivity index (χ1n) is 8.87. The third-order valence-electron chi connectivity index (χ3n) is 4.35. The van der Waals surface area contributed by atoms with Gasteiger partial charge in [-0.2, -0.15) is 0 Å². The number of aromatic nitrogens is 2. The summed E-state index contributed by atoms with van der Waals surface area (Å²) in [5.74, 6) is 0.281. The number of rotatable bonds is 8. The van der Waals surface area contributed by atoms with E-state index in [0.29, 0.717) is 43.1 Å². The molecule has 0 radical (unpaired) electrons. The predicted molar refractivity (Wildman–Crippen MR) is 106 cm³/mol. The number of ether oxygens (including phenoxy) is 1. The van der Waals surface area contributed by atoms with Gasteiger partial charge in [-0.3, -0.25) is 4.79 Å². The van der Waals surface area contributed by atoms with Crippen molar-refractivity contribution in [3.05, 3.63) is 64.9 Å². The van der Waals surface area contributed by atoms with Crippen LogP contribution in [0.3, 0.4) is 0 Å². The second-order valence-electron chi connectivity index (χ2n) is 6.64. The highest BCUT2D eigenvalue weighted by molar-refractivity contribution is 6.31. The molecule has 0 spiro atoms. The number of nitrogens with zero attached hydrogens (tertiary/aromatic N) is 1. The molecule has 0 unspecified atom stereocenters. The number of imidazole rings is 1. The molecule has 5 N–H and O–H groups in total. The first-order valence-corrected chi connectivity index (χ1v) is 9.25. The lowest BCUT2D eigenvalue weighted by Gasteiger charge is -2.21. The summed E-state index contributed by atoms with van der Waals surface area (Å²) in [6, 6.07) is 15.0. The summed E-state index contributed by atoms with van der Waals surface area (Å²) in [5.41, 5.74) is 13.9. The summed E-state index contributed by atoms with van der Waals surface area (Å²) >= 11 is 5.98. The monoisotopic (exact) mass is 386 g/mol. The number of esters is 1. The van der Waals surface area contributed by atoms with Crippen LogP contribution in [0.15, 0.2) is 48.5 Å². The Morgan fingerprint density at radius 2 is 1.93 bits per heavy atom.